The molecule has 0 aliphatic carbocycles. The van der Waals surface area contributed by atoms with Crippen LogP contribution in [-0.2, 0) is 0 Å². The Morgan fingerprint density at radius 2 is 1.82 bits per heavy atom. The SMILES string of the molecule is CC1=CC(C)(C)N(C)c2ccc([C@H]3[C@H](c4ccccn4)NC(=S)N3c3ccc(F)cc3)cc21. The molecule has 1 fully saturated rings. The van der Waals surface area contributed by atoms with E-state index in [1.165, 1.54) is 29.0 Å². The van der Waals surface area contributed by atoms with Gasteiger partial charge in [0, 0.05) is 30.2 Å². The van der Waals surface area contributed by atoms with Crippen LogP contribution in [0.5, 0.6) is 0 Å². The molecule has 3 aromatic rings. The molecule has 2 aliphatic rings. The topological polar surface area (TPSA) is 31.4 Å². The Hall–Kier alpha value is -3.25. The molecule has 0 unspecified atom stereocenters. The van der Waals surface area contributed by atoms with Crippen molar-refractivity contribution >= 4 is 34.3 Å². The summed E-state index contributed by atoms with van der Waals surface area (Å²) in [6, 6.07) is 18.8. The lowest BCUT2D eigenvalue weighted by atomic mass is 9.86. The Labute approximate surface area is 199 Å². The van der Waals surface area contributed by atoms with E-state index in [0.29, 0.717) is 5.11 Å². The van der Waals surface area contributed by atoms with Gasteiger partial charge in [0.2, 0.25) is 0 Å². The van der Waals surface area contributed by atoms with E-state index in [2.05, 4.69) is 72.2 Å². The van der Waals surface area contributed by atoms with Crippen molar-refractivity contribution in [2.75, 3.05) is 16.8 Å². The Kier molecular flexibility index (Phi) is 5.20. The molecule has 5 rings (SSSR count). The standard InChI is InChI=1S/C27H27FN4S/c1-17-16-27(2,3)31(4)23-13-8-18(15-21(17)23)25-24(22-7-5-6-14-29-22)30-26(33)32(25)20-11-9-19(28)10-12-20/h5-16,24-25H,1-4H3,(H,30,33)/t24-,25-/m0/s1. The number of aromatic nitrogens is 1. The van der Waals surface area contributed by atoms with Gasteiger partial charge in [-0.25, -0.2) is 4.39 Å². The lowest BCUT2D eigenvalue weighted by molar-refractivity contribution is 0.566. The first kappa shape index (κ1) is 21.6. The molecule has 1 saturated heterocycles. The summed E-state index contributed by atoms with van der Waals surface area (Å²) in [6.45, 7) is 6.61. The van der Waals surface area contributed by atoms with Gasteiger partial charge in [0.1, 0.15) is 5.82 Å². The van der Waals surface area contributed by atoms with Crippen molar-refractivity contribution in [3.63, 3.8) is 0 Å². The number of nitrogens with one attached hydrogen (secondary N) is 1. The summed E-state index contributed by atoms with van der Waals surface area (Å²) in [4.78, 5) is 9.00. The van der Waals surface area contributed by atoms with Gasteiger partial charge in [-0.1, -0.05) is 18.2 Å². The monoisotopic (exact) mass is 458 g/mol. The maximum Gasteiger partial charge on any atom is 0.174 e. The van der Waals surface area contributed by atoms with Gasteiger partial charge in [-0.2, -0.15) is 0 Å². The third kappa shape index (κ3) is 3.68. The molecule has 3 heterocycles. The molecule has 0 bridgehead atoms. The minimum absolute atomic E-state index is 0.0499. The smallest absolute Gasteiger partial charge is 0.174 e. The predicted octanol–water partition coefficient (Wildman–Crippen LogP) is 6.03. The van der Waals surface area contributed by atoms with Crippen molar-refractivity contribution in [1.29, 1.82) is 0 Å². The van der Waals surface area contributed by atoms with Crippen molar-refractivity contribution in [2.24, 2.45) is 0 Å². The maximum atomic E-state index is 13.7. The molecule has 4 nitrogen and oxygen atoms in total. The Morgan fingerprint density at radius 3 is 2.52 bits per heavy atom. The highest BCUT2D eigenvalue weighted by Crippen LogP contribution is 2.45. The van der Waals surface area contributed by atoms with E-state index in [1.807, 2.05) is 18.2 Å². The second kappa shape index (κ2) is 7.96. The summed E-state index contributed by atoms with van der Waals surface area (Å²) in [7, 11) is 2.13. The van der Waals surface area contributed by atoms with E-state index in [0.717, 1.165) is 16.9 Å². The minimum Gasteiger partial charge on any atom is -0.366 e. The summed E-state index contributed by atoms with van der Waals surface area (Å²) in [5.74, 6) is -0.269. The molecular weight excluding hydrogens is 431 g/mol. The molecule has 2 aliphatic heterocycles. The van der Waals surface area contributed by atoms with Gasteiger partial charge < -0.3 is 15.1 Å². The summed E-state index contributed by atoms with van der Waals surface area (Å²) < 4.78 is 13.7. The highest BCUT2D eigenvalue weighted by molar-refractivity contribution is 7.80. The summed E-state index contributed by atoms with van der Waals surface area (Å²) >= 11 is 5.78. The second-order valence-corrected chi connectivity index (χ2v) is 9.68. The van der Waals surface area contributed by atoms with Gasteiger partial charge in [0.15, 0.2) is 5.11 Å². The fraction of sp³-hybridized carbons (Fsp3) is 0.259. The van der Waals surface area contributed by atoms with Crippen molar-refractivity contribution in [2.45, 2.75) is 38.4 Å². The number of fused-ring (bicyclic) bond motifs is 1. The number of nitrogens with zero attached hydrogens (tertiary/aromatic N) is 3. The molecule has 1 aromatic heterocycles. The highest BCUT2D eigenvalue weighted by atomic mass is 32.1. The van der Waals surface area contributed by atoms with Crippen molar-refractivity contribution in [3.8, 4) is 0 Å². The first-order chi connectivity index (χ1) is 15.8. The van der Waals surface area contributed by atoms with E-state index < -0.39 is 0 Å². The van der Waals surface area contributed by atoms with Crippen LogP contribution in [-0.4, -0.2) is 22.7 Å². The molecule has 168 valence electrons. The zero-order valence-electron chi connectivity index (χ0n) is 19.2. The van der Waals surface area contributed by atoms with Crippen LogP contribution in [0.4, 0.5) is 15.8 Å². The first-order valence-electron chi connectivity index (χ1n) is 11.1. The van der Waals surface area contributed by atoms with Gasteiger partial charge in [-0.05, 0) is 92.7 Å². The number of benzene rings is 2. The Morgan fingerprint density at radius 1 is 1.06 bits per heavy atom. The fourth-order valence-corrected chi connectivity index (χ4v) is 5.28. The molecule has 0 saturated carbocycles. The highest BCUT2D eigenvalue weighted by Gasteiger charge is 2.41. The number of pyridine rings is 1. The summed E-state index contributed by atoms with van der Waals surface area (Å²) in [6.07, 6.45) is 4.11. The van der Waals surface area contributed by atoms with E-state index in [9.17, 15) is 4.39 Å². The van der Waals surface area contributed by atoms with E-state index in [4.69, 9.17) is 12.2 Å². The quantitative estimate of drug-likeness (QED) is 0.485. The van der Waals surface area contributed by atoms with Crippen molar-refractivity contribution < 1.29 is 4.39 Å². The van der Waals surface area contributed by atoms with E-state index >= 15 is 0 Å². The molecular formula is C27H27FN4S. The van der Waals surface area contributed by atoms with Gasteiger partial charge in [-0.3, -0.25) is 4.98 Å². The number of allylic oxidation sites excluding steroid dienone is 1. The normalized spacial score (nSPS) is 21.5. The number of thiocarbonyl (C=S) groups is 1. The summed E-state index contributed by atoms with van der Waals surface area (Å²) in [5, 5.41) is 4.07. The lowest BCUT2D eigenvalue weighted by Gasteiger charge is -2.41. The molecule has 0 amide bonds. The largest absolute Gasteiger partial charge is 0.366 e. The zero-order chi connectivity index (χ0) is 23.3. The average molecular weight is 459 g/mol. The van der Waals surface area contributed by atoms with E-state index in [-0.39, 0.29) is 23.4 Å². The second-order valence-electron chi connectivity index (χ2n) is 9.29. The molecule has 0 radical (unpaired) electrons. The molecule has 33 heavy (non-hydrogen) atoms. The fourth-order valence-electron chi connectivity index (χ4n) is 4.93. The van der Waals surface area contributed by atoms with Crippen LogP contribution in [0, 0.1) is 5.82 Å². The Balaban J connectivity index is 1.65. The number of likely N-dealkylation sites (N-methyl/N-ethyl adjacent to an activating group) is 1. The van der Waals surface area contributed by atoms with Gasteiger partial charge >= 0.3 is 0 Å². The lowest BCUT2D eigenvalue weighted by Crippen LogP contribution is -2.42. The molecule has 2 aromatic carbocycles. The zero-order valence-corrected chi connectivity index (χ0v) is 20.0. The van der Waals surface area contributed by atoms with Gasteiger partial charge in [0.25, 0.3) is 0 Å². The Bertz CT molecular complexity index is 1240. The van der Waals surface area contributed by atoms with Crippen molar-refractivity contribution in [1.82, 2.24) is 10.3 Å². The molecule has 0 spiro atoms. The molecule has 6 heteroatoms. The number of hydrogen-bond acceptors (Lipinski definition) is 3. The number of halogens is 1. The maximum absolute atomic E-state index is 13.7. The van der Waals surface area contributed by atoms with Crippen LogP contribution < -0.4 is 15.1 Å². The predicted molar refractivity (Wildman–Crippen MR) is 137 cm³/mol. The van der Waals surface area contributed by atoms with Crippen LogP contribution in [0.15, 0.2) is 72.9 Å². The summed E-state index contributed by atoms with van der Waals surface area (Å²) in [5.41, 5.74) is 6.52. The first-order valence-corrected chi connectivity index (χ1v) is 11.5. The van der Waals surface area contributed by atoms with Crippen LogP contribution in [0.2, 0.25) is 0 Å². The molecule has 1 N–H and O–H groups in total. The number of hydrogen-bond donors (Lipinski definition) is 1. The average Bonchev–Trinajstić information content (AvgIpc) is 3.15. The molecule has 2 atom stereocenters. The third-order valence-electron chi connectivity index (χ3n) is 6.79. The number of rotatable bonds is 3. The van der Waals surface area contributed by atoms with Gasteiger partial charge in [0.05, 0.1) is 23.3 Å². The van der Waals surface area contributed by atoms with Crippen LogP contribution in [0.3, 0.4) is 0 Å². The van der Waals surface area contributed by atoms with E-state index in [1.54, 1.807) is 18.3 Å². The van der Waals surface area contributed by atoms with Crippen molar-refractivity contribution in [3.05, 3.63) is 95.6 Å². The van der Waals surface area contributed by atoms with Crippen LogP contribution >= 0.6 is 12.2 Å². The minimum atomic E-state index is -0.269. The van der Waals surface area contributed by atoms with Crippen LogP contribution in [0.25, 0.3) is 5.57 Å². The van der Waals surface area contributed by atoms with Gasteiger partial charge in [-0.15, -0.1) is 0 Å². The van der Waals surface area contributed by atoms with Crippen LogP contribution in [0.1, 0.15) is 49.7 Å². The third-order valence-corrected chi connectivity index (χ3v) is 7.10. The number of anilines is 2.